The number of benzene rings is 1. The second-order valence-corrected chi connectivity index (χ2v) is 6.99. The molecule has 0 bridgehead atoms. The lowest BCUT2D eigenvalue weighted by atomic mass is 9.85. The third-order valence-corrected chi connectivity index (χ3v) is 5.04. The maximum absolute atomic E-state index is 13.9. The molecule has 4 rings (SSSR count). The zero-order valence-corrected chi connectivity index (χ0v) is 15.5. The van der Waals surface area contributed by atoms with Gasteiger partial charge in [0.25, 0.3) is 5.91 Å². The molecule has 1 aliphatic carbocycles. The Balaban J connectivity index is 1.29. The van der Waals surface area contributed by atoms with Gasteiger partial charge in [-0.1, -0.05) is 17.3 Å². The van der Waals surface area contributed by atoms with E-state index in [9.17, 15) is 14.0 Å². The topological polar surface area (TPSA) is 102 Å². The Kier molecular flexibility index (Phi) is 5.37. The van der Waals surface area contributed by atoms with Gasteiger partial charge in [0.05, 0.1) is 0 Å². The summed E-state index contributed by atoms with van der Waals surface area (Å²) in [5, 5.41) is 13.6. The Labute approximate surface area is 166 Å². The molecular weight excluding hydrogens is 377 g/mol. The minimum absolute atomic E-state index is 0.00325. The molecule has 0 saturated heterocycles. The highest BCUT2D eigenvalue weighted by Gasteiger charge is 2.28. The van der Waals surface area contributed by atoms with Crippen LogP contribution in [0.2, 0.25) is 0 Å². The van der Waals surface area contributed by atoms with Crippen LogP contribution in [0.15, 0.2) is 53.4 Å². The number of amides is 2. The average Bonchev–Trinajstić information content (AvgIpc) is 3.41. The van der Waals surface area contributed by atoms with E-state index < -0.39 is 0 Å². The van der Waals surface area contributed by atoms with Crippen LogP contribution >= 0.6 is 0 Å². The van der Waals surface area contributed by atoms with Crippen molar-refractivity contribution >= 4 is 17.6 Å². The van der Waals surface area contributed by atoms with Gasteiger partial charge in [-0.3, -0.25) is 9.59 Å². The van der Waals surface area contributed by atoms with Crippen molar-refractivity contribution in [1.29, 1.82) is 0 Å². The maximum Gasteiger partial charge on any atom is 0.273 e. The first-order valence-electron chi connectivity index (χ1n) is 9.43. The number of carbonyl (C=O) groups is 2. The molecule has 0 aliphatic heterocycles. The molecule has 2 N–H and O–H groups in total. The second kappa shape index (κ2) is 8.26. The number of anilines is 1. The number of aromatic nitrogens is 3. The normalized spacial score (nSPS) is 18.9. The third-order valence-electron chi connectivity index (χ3n) is 5.04. The molecule has 0 radical (unpaired) electrons. The summed E-state index contributed by atoms with van der Waals surface area (Å²) in [6, 6.07) is 9.44. The van der Waals surface area contributed by atoms with E-state index in [1.54, 1.807) is 30.5 Å². The molecule has 1 aromatic carbocycles. The molecular formula is C20H20FN5O3. The molecule has 3 aromatic rings. The zero-order valence-electron chi connectivity index (χ0n) is 15.5. The Hall–Kier alpha value is -3.49. The van der Waals surface area contributed by atoms with Gasteiger partial charge in [0.1, 0.15) is 17.8 Å². The highest BCUT2D eigenvalue weighted by Crippen LogP contribution is 2.26. The van der Waals surface area contributed by atoms with Crippen LogP contribution < -0.4 is 10.6 Å². The molecule has 1 aliphatic rings. The van der Waals surface area contributed by atoms with Crippen LogP contribution in [0.5, 0.6) is 0 Å². The Morgan fingerprint density at radius 3 is 2.62 bits per heavy atom. The molecule has 2 heterocycles. The van der Waals surface area contributed by atoms with Gasteiger partial charge in [-0.15, -0.1) is 5.10 Å². The summed E-state index contributed by atoms with van der Waals surface area (Å²) < 4.78 is 19.9. The molecule has 0 atom stereocenters. The van der Waals surface area contributed by atoms with E-state index in [1.165, 1.54) is 23.1 Å². The smallest absolute Gasteiger partial charge is 0.273 e. The first-order chi connectivity index (χ1) is 14.1. The van der Waals surface area contributed by atoms with E-state index in [1.807, 2.05) is 0 Å². The lowest BCUT2D eigenvalue weighted by molar-refractivity contribution is -0.120. The fourth-order valence-electron chi connectivity index (χ4n) is 3.48. The van der Waals surface area contributed by atoms with Crippen molar-refractivity contribution in [3.05, 3.63) is 60.4 Å². The van der Waals surface area contributed by atoms with E-state index in [-0.39, 0.29) is 35.3 Å². The van der Waals surface area contributed by atoms with Crippen molar-refractivity contribution in [3.8, 4) is 5.69 Å². The summed E-state index contributed by atoms with van der Waals surface area (Å²) in [5.74, 6) is -0.566. The molecule has 1 saturated carbocycles. The third kappa shape index (κ3) is 4.34. The van der Waals surface area contributed by atoms with Gasteiger partial charge in [-0.2, -0.15) is 0 Å². The molecule has 0 spiro atoms. The number of nitrogens with one attached hydrogen (secondary N) is 2. The van der Waals surface area contributed by atoms with Crippen molar-refractivity contribution in [2.24, 2.45) is 5.92 Å². The van der Waals surface area contributed by atoms with E-state index in [2.05, 4.69) is 25.4 Å². The van der Waals surface area contributed by atoms with Gasteiger partial charge >= 0.3 is 0 Å². The fraction of sp³-hybridized carbons (Fsp3) is 0.300. The minimum atomic E-state index is -0.389. The van der Waals surface area contributed by atoms with Crippen molar-refractivity contribution in [1.82, 2.24) is 20.3 Å². The Bertz CT molecular complexity index is 993. The van der Waals surface area contributed by atoms with Gasteiger partial charge in [0, 0.05) is 30.3 Å². The summed E-state index contributed by atoms with van der Waals surface area (Å²) in [6.45, 7) is 0. The van der Waals surface area contributed by atoms with E-state index >= 15 is 0 Å². The number of hydrogen-bond donors (Lipinski definition) is 2. The van der Waals surface area contributed by atoms with Crippen molar-refractivity contribution in [3.63, 3.8) is 0 Å². The number of halogens is 1. The molecule has 150 valence electrons. The van der Waals surface area contributed by atoms with Crippen molar-refractivity contribution in [2.45, 2.75) is 31.7 Å². The molecule has 2 amide bonds. The van der Waals surface area contributed by atoms with Gasteiger partial charge in [-0.05, 0) is 37.8 Å². The quantitative estimate of drug-likeness (QED) is 0.689. The first kappa shape index (κ1) is 18.9. The fourth-order valence-corrected chi connectivity index (χ4v) is 3.48. The SMILES string of the molecule is O=C(NC1CCC(C(=O)Nc2ccn(-c3ccccc3F)n2)CC1)c1ccon1. The van der Waals surface area contributed by atoms with Gasteiger partial charge < -0.3 is 15.2 Å². The maximum atomic E-state index is 13.9. The predicted molar refractivity (Wildman–Crippen MR) is 102 cm³/mol. The average molecular weight is 397 g/mol. The van der Waals surface area contributed by atoms with Crippen LogP contribution in [0.3, 0.4) is 0 Å². The summed E-state index contributed by atoms with van der Waals surface area (Å²) in [7, 11) is 0. The van der Waals surface area contributed by atoms with E-state index in [0.29, 0.717) is 37.2 Å². The van der Waals surface area contributed by atoms with Crippen LogP contribution in [0.25, 0.3) is 5.69 Å². The minimum Gasteiger partial charge on any atom is -0.364 e. The first-order valence-corrected chi connectivity index (χ1v) is 9.43. The van der Waals surface area contributed by atoms with Crippen LogP contribution in [0.4, 0.5) is 10.2 Å². The van der Waals surface area contributed by atoms with Crippen LogP contribution in [0, 0.1) is 11.7 Å². The summed E-state index contributed by atoms with van der Waals surface area (Å²) in [4.78, 5) is 24.6. The summed E-state index contributed by atoms with van der Waals surface area (Å²) in [6.07, 6.45) is 5.66. The number of carbonyl (C=O) groups excluding carboxylic acids is 2. The zero-order chi connectivity index (χ0) is 20.2. The molecule has 1 fully saturated rings. The van der Waals surface area contributed by atoms with Crippen molar-refractivity contribution in [2.75, 3.05) is 5.32 Å². The number of para-hydroxylation sites is 1. The Morgan fingerprint density at radius 2 is 1.90 bits per heavy atom. The molecule has 29 heavy (non-hydrogen) atoms. The molecule has 8 nitrogen and oxygen atoms in total. The lowest BCUT2D eigenvalue weighted by Gasteiger charge is -2.27. The van der Waals surface area contributed by atoms with Crippen LogP contribution in [-0.4, -0.2) is 32.8 Å². The van der Waals surface area contributed by atoms with Gasteiger partial charge in [0.15, 0.2) is 11.5 Å². The number of hydrogen-bond acceptors (Lipinski definition) is 5. The predicted octanol–water partition coefficient (Wildman–Crippen LogP) is 2.93. The van der Waals surface area contributed by atoms with E-state index in [4.69, 9.17) is 0 Å². The van der Waals surface area contributed by atoms with Crippen molar-refractivity contribution < 1.29 is 18.5 Å². The Morgan fingerprint density at radius 1 is 1.10 bits per heavy atom. The monoisotopic (exact) mass is 397 g/mol. The van der Waals surface area contributed by atoms with Gasteiger partial charge in [0.2, 0.25) is 5.91 Å². The van der Waals surface area contributed by atoms with Crippen LogP contribution in [-0.2, 0) is 4.79 Å². The standard InChI is InChI=1S/C20H20FN5O3/c21-15-3-1-2-4-17(15)26-11-9-18(24-26)23-19(27)13-5-7-14(8-6-13)22-20(28)16-10-12-29-25-16/h1-4,9-14H,5-8H2,(H,22,28)(H,23,24,27). The highest BCUT2D eigenvalue weighted by atomic mass is 19.1. The summed E-state index contributed by atoms with van der Waals surface area (Å²) >= 11 is 0. The highest BCUT2D eigenvalue weighted by molar-refractivity contribution is 5.92. The molecule has 9 heteroatoms. The van der Waals surface area contributed by atoms with Crippen LogP contribution in [0.1, 0.15) is 36.2 Å². The van der Waals surface area contributed by atoms with Gasteiger partial charge in [-0.25, -0.2) is 9.07 Å². The second-order valence-electron chi connectivity index (χ2n) is 6.99. The van der Waals surface area contributed by atoms with E-state index in [0.717, 1.165) is 0 Å². The number of nitrogens with zero attached hydrogens (tertiary/aromatic N) is 3. The number of rotatable bonds is 5. The summed E-state index contributed by atoms with van der Waals surface area (Å²) in [5.41, 5.74) is 0.562. The molecule has 2 aromatic heterocycles. The molecule has 0 unspecified atom stereocenters. The lowest BCUT2D eigenvalue weighted by Crippen LogP contribution is -2.39. The largest absolute Gasteiger partial charge is 0.364 e.